The third kappa shape index (κ3) is 5.11. The van der Waals surface area contributed by atoms with Crippen molar-refractivity contribution >= 4 is 12.1 Å². The van der Waals surface area contributed by atoms with Gasteiger partial charge >= 0.3 is 12.1 Å². The van der Waals surface area contributed by atoms with Gasteiger partial charge in [0.15, 0.2) is 6.73 Å². The molecule has 1 unspecified atom stereocenters. The molecule has 4 rings (SSSR count). The zero-order chi connectivity index (χ0) is 23.9. The van der Waals surface area contributed by atoms with E-state index < -0.39 is 18.1 Å². The summed E-state index contributed by atoms with van der Waals surface area (Å²) in [4.78, 5) is 26.8. The second-order valence-corrected chi connectivity index (χ2v) is 7.71. The first-order valence-electron chi connectivity index (χ1n) is 10.6. The molecule has 9 nitrogen and oxygen atoms in total. The number of fused-ring (bicyclic) bond motifs is 3. The summed E-state index contributed by atoms with van der Waals surface area (Å²) < 4.78 is 10.7. The Hall–Kier alpha value is -4.49. The van der Waals surface area contributed by atoms with Gasteiger partial charge in [-0.2, -0.15) is 0 Å². The van der Waals surface area contributed by atoms with Crippen molar-refractivity contribution in [1.29, 1.82) is 0 Å². The van der Waals surface area contributed by atoms with Crippen molar-refractivity contribution in [3.8, 4) is 16.9 Å². The molecule has 0 radical (unpaired) electrons. The van der Waals surface area contributed by atoms with Crippen LogP contribution in [0.3, 0.4) is 0 Å². The SMILES string of the molecule is [N-]=[N+]=NCOc1ccc(CC(NC(=O)OCC2c3ccccc3-c3ccccc32)C(=O)O)cc1. The Kier molecular flexibility index (Phi) is 6.95. The van der Waals surface area contributed by atoms with Gasteiger partial charge in [-0.05, 0) is 45.5 Å². The van der Waals surface area contributed by atoms with E-state index in [1.54, 1.807) is 24.3 Å². The van der Waals surface area contributed by atoms with Gasteiger partial charge in [0.05, 0.1) is 0 Å². The summed E-state index contributed by atoms with van der Waals surface area (Å²) in [7, 11) is 0. The molecule has 3 aromatic rings. The van der Waals surface area contributed by atoms with Gasteiger partial charge in [-0.1, -0.05) is 65.8 Å². The maximum Gasteiger partial charge on any atom is 0.407 e. The monoisotopic (exact) mass is 458 g/mol. The molecule has 9 heteroatoms. The smallest absolute Gasteiger partial charge is 0.407 e. The van der Waals surface area contributed by atoms with Crippen LogP contribution in [0.5, 0.6) is 5.75 Å². The molecule has 0 saturated carbocycles. The Bertz CT molecular complexity index is 1190. The lowest BCUT2D eigenvalue weighted by Crippen LogP contribution is -2.42. The first kappa shape index (κ1) is 22.7. The van der Waals surface area contributed by atoms with Crippen LogP contribution in [0, 0.1) is 0 Å². The largest absolute Gasteiger partial charge is 0.488 e. The molecule has 0 aliphatic heterocycles. The second kappa shape index (κ2) is 10.4. The number of nitrogens with zero attached hydrogens (tertiary/aromatic N) is 3. The highest BCUT2D eigenvalue weighted by atomic mass is 16.5. The molecule has 34 heavy (non-hydrogen) atoms. The number of benzene rings is 3. The lowest BCUT2D eigenvalue weighted by atomic mass is 9.98. The van der Waals surface area contributed by atoms with E-state index in [4.69, 9.17) is 15.0 Å². The summed E-state index contributed by atoms with van der Waals surface area (Å²) in [5, 5.41) is 15.3. The average Bonchev–Trinajstić information content (AvgIpc) is 3.17. The third-order valence-corrected chi connectivity index (χ3v) is 5.65. The van der Waals surface area contributed by atoms with Crippen molar-refractivity contribution in [2.24, 2.45) is 5.11 Å². The minimum atomic E-state index is -1.17. The van der Waals surface area contributed by atoms with Crippen LogP contribution in [0.1, 0.15) is 22.6 Å². The molecule has 1 atom stereocenters. The van der Waals surface area contributed by atoms with E-state index in [9.17, 15) is 14.7 Å². The molecule has 1 aliphatic carbocycles. The Morgan fingerprint density at radius 3 is 2.21 bits per heavy atom. The normalized spacial score (nSPS) is 12.6. The molecule has 3 aromatic carbocycles. The minimum Gasteiger partial charge on any atom is -0.488 e. The summed E-state index contributed by atoms with van der Waals surface area (Å²) in [5.41, 5.74) is 13.3. The fourth-order valence-electron chi connectivity index (χ4n) is 4.07. The highest BCUT2D eigenvalue weighted by Crippen LogP contribution is 2.44. The van der Waals surface area contributed by atoms with Gasteiger partial charge in [0, 0.05) is 17.3 Å². The summed E-state index contributed by atoms with van der Waals surface area (Å²) in [6.45, 7) is -0.0413. The van der Waals surface area contributed by atoms with E-state index in [0.717, 1.165) is 22.3 Å². The quantitative estimate of drug-likeness (QED) is 0.268. The molecule has 172 valence electrons. The number of carboxylic acid groups (broad SMARTS) is 1. The maximum absolute atomic E-state index is 12.5. The van der Waals surface area contributed by atoms with Crippen LogP contribution in [-0.2, 0) is 16.0 Å². The van der Waals surface area contributed by atoms with Crippen LogP contribution in [-0.4, -0.2) is 36.5 Å². The predicted molar refractivity (Wildman–Crippen MR) is 124 cm³/mol. The third-order valence-electron chi connectivity index (χ3n) is 5.65. The van der Waals surface area contributed by atoms with Crippen LogP contribution < -0.4 is 10.1 Å². The average molecular weight is 458 g/mol. The lowest BCUT2D eigenvalue weighted by molar-refractivity contribution is -0.139. The van der Waals surface area contributed by atoms with Gasteiger partial charge in [0.2, 0.25) is 0 Å². The van der Waals surface area contributed by atoms with Crippen molar-refractivity contribution in [1.82, 2.24) is 5.32 Å². The minimum absolute atomic E-state index is 0.0656. The van der Waals surface area contributed by atoms with Gasteiger partial charge in [-0.25, -0.2) is 9.59 Å². The molecule has 1 aliphatic rings. The zero-order valence-electron chi connectivity index (χ0n) is 18.1. The van der Waals surface area contributed by atoms with Crippen molar-refractivity contribution in [2.75, 3.05) is 13.3 Å². The van der Waals surface area contributed by atoms with Gasteiger partial charge in [0.1, 0.15) is 18.4 Å². The highest BCUT2D eigenvalue weighted by Gasteiger charge is 2.29. The Balaban J connectivity index is 1.37. The summed E-state index contributed by atoms with van der Waals surface area (Å²) >= 11 is 0. The van der Waals surface area contributed by atoms with Crippen molar-refractivity contribution in [3.05, 3.63) is 99.9 Å². The first-order valence-corrected chi connectivity index (χ1v) is 10.6. The molecule has 0 bridgehead atoms. The van der Waals surface area contributed by atoms with Crippen LogP contribution >= 0.6 is 0 Å². The summed E-state index contributed by atoms with van der Waals surface area (Å²) in [6.07, 6.45) is -0.723. The van der Waals surface area contributed by atoms with E-state index in [1.807, 2.05) is 48.5 Å². The number of carbonyl (C=O) groups excluding carboxylic acids is 1. The Morgan fingerprint density at radius 2 is 1.62 bits per heavy atom. The van der Waals surface area contributed by atoms with E-state index in [0.29, 0.717) is 11.3 Å². The van der Waals surface area contributed by atoms with Crippen LogP contribution in [0.2, 0.25) is 0 Å². The molecule has 1 amide bonds. The number of carbonyl (C=O) groups is 2. The number of azide groups is 1. The second-order valence-electron chi connectivity index (χ2n) is 7.71. The zero-order valence-corrected chi connectivity index (χ0v) is 18.1. The summed E-state index contributed by atoms with van der Waals surface area (Å²) in [5.74, 6) is -0.802. The molecular formula is C25H22N4O5. The highest BCUT2D eigenvalue weighted by molar-refractivity contribution is 5.81. The van der Waals surface area contributed by atoms with Crippen molar-refractivity contribution in [3.63, 3.8) is 0 Å². The van der Waals surface area contributed by atoms with E-state index in [1.165, 1.54) is 0 Å². The number of ether oxygens (including phenoxy) is 2. The number of carboxylic acids is 1. The number of hydrogen-bond donors (Lipinski definition) is 2. The van der Waals surface area contributed by atoms with Gasteiger partial charge < -0.3 is 19.9 Å². The van der Waals surface area contributed by atoms with Crippen molar-refractivity contribution < 1.29 is 24.2 Å². The Morgan fingerprint density at radius 1 is 1.00 bits per heavy atom. The number of aliphatic carboxylic acids is 1. The predicted octanol–water partition coefficient (Wildman–Crippen LogP) is 4.87. The van der Waals surface area contributed by atoms with Gasteiger partial charge in [0.25, 0.3) is 0 Å². The molecule has 0 saturated heterocycles. The fourth-order valence-corrected chi connectivity index (χ4v) is 4.07. The molecule has 0 fully saturated rings. The number of nitrogens with one attached hydrogen (secondary N) is 1. The van der Waals surface area contributed by atoms with Crippen LogP contribution in [0.15, 0.2) is 77.9 Å². The van der Waals surface area contributed by atoms with Gasteiger partial charge in [-0.15, -0.1) is 0 Å². The number of hydrogen-bond acceptors (Lipinski definition) is 5. The summed E-state index contributed by atoms with van der Waals surface area (Å²) in [6, 6.07) is 21.4. The molecule has 0 heterocycles. The van der Waals surface area contributed by atoms with Crippen LogP contribution in [0.25, 0.3) is 21.6 Å². The molecule has 0 spiro atoms. The molecular weight excluding hydrogens is 436 g/mol. The van der Waals surface area contributed by atoms with E-state index >= 15 is 0 Å². The number of amides is 1. The van der Waals surface area contributed by atoms with E-state index in [2.05, 4.69) is 15.3 Å². The van der Waals surface area contributed by atoms with Crippen molar-refractivity contribution in [2.45, 2.75) is 18.4 Å². The number of alkyl carbamates (subject to hydrolysis) is 1. The Labute approximate surface area is 195 Å². The van der Waals surface area contributed by atoms with Gasteiger partial charge in [-0.3, -0.25) is 0 Å². The molecule has 0 aromatic heterocycles. The maximum atomic E-state index is 12.5. The fraction of sp³-hybridized carbons (Fsp3) is 0.200. The van der Waals surface area contributed by atoms with E-state index in [-0.39, 0.29) is 25.7 Å². The lowest BCUT2D eigenvalue weighted by Gasteiger charge is -2.17. The standard InChI is InChI=1S/C25H22N4O5/c26-29-27-15-34-17-11-9-16(10-12-17)13-23(24(30)31)28-25(32)33-14-22-20-7-3-1-5-18(20)19-6-2-4-8-21(19)22/h1-12,22-23H,13-15H2,(H,28,32)(H,30,31). The number of rotatable bonds is 9. The topological polar surface area (TPSA) is 134 Å². The van der Waals surface area contributed by atoms with Crippen LogP contribution in [0.4, 0.5) is 4.79 Å². The first-order chi connectivity index (χ1) is 16.6. The molecule has 2 N–H and O–H groups in total.